The molecule has 7 heteroatoms. The van der Waals surface area contributed by atoms with Crippen molar-refractivity contribution in [1.29, 1.82) is 0 Å². The van der Waals surface area contributed by atoms with Crippen LogP contribution in [0.5, 0.6) is 5.75 Å². The second-order valence-electron chi connectivity index (χ2n) is 4.70. The Morgan fingerprint density at radius 3 is 2.41 bits per heavy atom. The van der Waals surface area contributed by atoms with E-state index in [1.807, 2.05) is 0 Å². The minimum Gasteiger partial charge on any atom is -0.496 e. The molecule has 0 unspecified atom stereocenters. The summed E-state index contributed by atoms with van der Waals surface area (Å²) < 4.78 is 32.5. The highest BCUT2D eigenvalue weighted by Gasteiger charge is 2.22. The average Bonchev–Trinajstić information content (AvgIpc) is 2.49. The van der Waals surface area contributed by atoms with Gasteiger partial charge < -0.3 is 4.74 Å². The van der Waals surface area contributed by atoms with Crippen LogP contribution in [-0.2, 0) is 10.0 Å². The molecule has 0 saturated carbocycles. The molecular weight excluding hydrogens is 390 g/mol. The van der Waals surface area contributed by atoms with E-state index in [0.29, 0.717) is 20.9 Å². The number of rotatable bonds is 4. The van der Waals surface area contributed by atoms with Gasteiger partial charge in [0.2, 0.25) is 0 Å². The van der Waals surface area contributed by atoms with Gasteiger partial charge in [0.05, 0.1) is 22.7 Å². The van der Waals surface area contributed by atoms with Crippen molar-refractivity contribution in [2.45, 2.75) is 11.8 Å². The van der Waals surface area contributed by atoms with E-state index in [9.17, 15) is 8.42 Å². The molecule has 0 spiro atoms. The summed E-state index contributed by atoms with van der Waals surface area (Å²) in [5.41, 5.74) is 1.24. The predicted octanol–water partition coefficient (Wildman–Crippen LogP) is 4.24. The van der Waals surface area contributed by atoms with Gasteiger partial charge in [-0.25, -0.2) is 8.42 Å². The molecule has 0 saturated heterocycles. The zero-order valence-corrected chi connectivity index (χ0v) is 15.5. The van der Waals surface area contributed by atoms with Crippen molar-refractivity contribution in [2.24, 2.45) is 0 Å². The van der Waals surface area contributed by atoms with Crippen LogP contribution in [0.4, 0.5) is 5.69 Å². The fourth-order valence-corrected chi connectivity index (χ4v) is 3.68. The molecule has 2 aromatic rings. The minimum absolute atomic E-state index is 0.201. The first kappa shape index (κ1) is 17.1. The molecule has 22 heavy (non-hydrogen) atoms. The molecule has 0 aromatic heterocycles. The maximum Gasteiger partial charge on any atom is 0.264 e. The predicted molar refractivity (Wildman–Crippen MR) is 92.5 cm³/mol. The zero-order valence-electron chi connectivity index (χ0n) is 12.3. The molecule has 4 nitrogen and oxygen atoms in total. The SMILES string of the molecule is COc1ccc(S(=O)(=O)N(C)c2ccc(Br)c(Cl)c2)cc1C. The first-order chi connectivity index (χ1) is 10.3. The van der Waals surface area contributed by atoms with Crippen LogP contribution >= 0.6 is 27.5 Å². The Kier molecular flexibility index (Phi) is 5.04. The molecule has 0 aliphatic rings. The summed E-state index contributed by atoms with van der Waals surface area (Å²) in [5.74, 6) is 0.647. The summed E-state index contributed by atoms with van der Waals surface area (Å²) in [6, 6.07) is 9.75. The Morgan fingerprint density at radius 1 is 1.18 bits per heavy atom. The van der Waals surface area contributed by atoms with Crippen LogP contribution in [0.25, 0.3) is 0 Å². The lowest BCUT2D eigenvalue weighted by Crippen LogP contribution is -2.26. The fourth-order valence-electron chi connectivity index (χ4n) is 1.99. The topological polar surface area (TPSA) is 46.6 Å². The van der Waals surface area contributed by atoms with Gasteiger partial charge in [-0.15, -0.1) is 0 Å². The smallest absolute Gasteiger partial charge is 0.264 e. The summed E-state index contributed by atoms with van der Waals surface area (Å²) in [4.78, 5) is 0.201. The molecule has 0 amide bonds. The van der Waals surface area contributed by atoms with Crippen molar-refractivity contribution in [3.05, 3.63) is 51.5 Å². The Hall–Kier alpha value is -1.24. The Morgan fingerprint density at radius 2 is 1.86 bits per heavy atom. The van der Waals surface area contributed by atoms with Crippen molar-refractivity contribution in [3.63, 3.8) is 0 Å². The largest absolute Gasteiger partial charge is 0.496 e. The third-order valence-electron chi connectivity index (χ3n) is 3.29. The van der Waals surface area contributed by atoms with E-state index in [0.717, 1.165) is 5.56 Å². The number of methoxy groups -OCH3 is 1. The molecule has 2 aromatic carbocycles. The van der Waals surface area contributed by atoms with Crippen molar-refractivity contribution in [1.82, 2.24) is 0 Å². The molecule has 0 radical (unpaired) electrons. The number of aryl methyl sites for hydroxylation is 1. The highest BCUT2D eigenvalue weighted by Crippen LogP contribution is 2.30. The van der Waals surface area contributed by atoms with Crippen LogP contribution in [0.15, 0.2) is 45.8 Å². The van der Waals surface area contributed by atoms with Crippen LogP contribution in [-0.4, -0.2) is 22.6 Å². The lowest BCUT2D eigenvalue weighted by Gasteiger charge is -2.20. The second kappa shape index (κ2) is 6.48. The van der Waals surface area contributed by atoms with Crippen molar-refractivity contribution < 1.29 is 13.2 Å². The van der Waals surface area contributed by atoms with E-state index in [-0.39, 0.29) is 4.90 Å². The number of ether oxygens (including phenoxy) is 1. The minimum atomic E-state index is -3.67. The molecule has 0 atom stereocenters. The summed E-state index contributed by atoms with van der Waals surface area (Å²) in [6.07, 6.45) is 0. The quantitative estimate of drug-likeness (QED) is 0.765. The molecular formula is C15H15BrClNO3S. The number of hydrogen-bond acceptors (Lipinski definition) is 3. The van der Waals surface area contributed by atoms with Gasteiger partial charge in [0.15, 0.2) is 0 Å². The zero-order chi connectivity index (χ0) is 16.5. The average molecular weight is 405 g/mol. The van der Waals surface area contributed by atoms with Gasteiger partial charge in [0.1, 0.15) is 5.75 Å². The van der Waals surface area contributed by atoms with Crippen LogP contribution in [0.1, 0.15) is 5.56 Å². The van der Waals surface area contributed by atoms with Gasteiger partial charge in [-0.3, -0.25) is 4.31 Å². The van der Waals surface area contributed by atoms with E-state index >= 15 is 0 Å². The van der Waals surface area contributed by atoms with Gasteiger partial charge in [0.25, 0.3) is 10.0 Å². The highest BCUT2D eigenvalue weighted by molar-refractivity contribution is 9.10. The summed E-state index contributed by atoms with van der Waals surface area (Å²) in [7, 11) is -0.623. The van der Waals surface area contributed by atoms with E-state index in [2.05, 4.69) is 15.9 Å². The van der Waals surface area contributed by atoms with Gasteiger partial charge in [-0.05, 0) is 64.8 Å². The standard InChI is InChI=1S/C15H15BrClNO3S/c1-10-8-12(5-7-15(10)21-3)22(19,20)18(2)11-4-6-13(16)14(17)9-11/h4-9H,1-3H3. The van der Waals surface area contributed by atoms with Crippen LogP contribution < -0.4 is 9.04 Å². The van der Waals surface area contributed by atoms with E-state index in [1.165, 1.54) is 17.4 Å². The lowest BCUT2D eigenvalue weighted by atomic mass is 10.2. The molecule has 0 N–H and O–H groups in total. The van der Waals surface area contributed by atoms with Crippen molar-refractivity contribution in [3.8, 4) is 5.75 Å². The Labute approximate surface area is 143 Å². The maximum atomic E-state index is 12.7. The highest BCUT2D eigenvalue weighted by atomic mass is 79.9. The molecule has 118 valence electrons. The normalized spacial score (nSPS) is 11.3. The maximum absolute atomic E-state index is 12.7. The molecule has 0 fully saturated rings. The van der Waals surface area contributed by atoms with E-state index in [1.54, 1.807) is 44.4 Å². The fraction of sp³-hybridized carbons (Fsp3) is 0.200. The summed E-state index contributed by atoms with van der Waals surface area (Å²) in [6.45, 7) is 1.80. The van der Waals surface area contributed by atoms with E-state index < -0.39 is 10.0 Å². The van der Waals surface area contributed by atoms with Crippen molar-refractivity contribution in [2.75, 3.05) is 18.5 Å². The van der Waals surface area contributed by atoms with Gasteiger partial charge in [-0.2, -0.15) is 0 Å². The Bertz CT molecular complexity index is 808. The molecule has 2 rings (SSSR count). The third-order valence-corrected chi connectivity index (χ3v) is 6.31. The third kappa shape index (κ3) is 3.24. The first-order valence-corrected chi connectivity index (χ1v) is 8.97. The number of halogens is 2. The van der Waals surface area contributed by atoms with Crippen LogP contribution in [0.2, 0.25) is 5.02 Å². The number of nitrogens with zero attached hydrogens (tertiary/aromatic N) is 1. The van der Waals surface area contributed by atoms with Crippen LogP contribution in [0, 0.1) is 6.92 Å². The molecule has 0 bridgehead atoms. The molecule has 0 heterocycles. The molecule has 0 aliphatic carbocycles. The van der Waals surface area contributed by atoms with Gasteiger partial charge >= 0.3 is 0 Å². The number of anilines is 1. The van der Waals surface area contributed by atoms with Gasteiger partial charge in [-0.1, -0.05) is 11.6 Å². The summed E-state index contributed by atoms with van der Waals surface area (Å²) in [5, 5.41) is 0.450. The van der Waals surface area contributed by atoms with Crippen LogP contribution in [0.3, 0.4) is 0 Å². The number of benzene rings is 2. The number of sulfonamides is 1. The molecule has 0 aliphatic heterocycles. The second-order valence-corrected chi connectivity index (χ2v) is 7.93. The van der Waals surface area contributed by atoms with Crippen molar-refractivity contribution >= 4 is 43.2 Å². The van der Waals surface area contributed by atoms with Gasteiger partial charge in [0, 0.05) is 11.5 Å². The van der Waals surface area contributed by atoms with E-state index in [4.69, 9.17) is 16.3 Å². The Balaban J connectivity index is 2.44. The summed E-state index contributed by atoms with van der Waals surface area (Å²) >= 11 is 9.32. The monoisotopic (exact) mass is 403 g/mol. The number of hydrogen-bond donors (Lipinski definition) is 0. The first-order valence-electron chi connectivity index (χ1n) is 6.36. The lowest BCUT2D eigenvalue weighted by molar-refractivity contribution is 0.411.